The molecule has 0 aliphatic heterocycles. The number of anilines is 2. The number of hydrogen-bond donors (Lipinski definition) is 2. The number of carbonyl (C=O) groups is 2. The minimum atomic E-state index is -3.34. The molecule has 0 spiro atoms. The van der Waals surface area contributed by atoms with Crippen molar-refractivity contribution in [1.29, 1.82) is 0 Å². The Bertz CT molecular complexity index is 890. The van der Waals surface area contributed by atoms with E-state index in [1.807, 2.05) is 20.8 Å². The Balaban J connectivity index is 0.00000114. The first-order chi connectivity index (χ1) is 12.5. The first kappa shape index (κ1) is 22.1. The van der Waals surface area contributed by atoms with Gasteiger partial charge >= 0.3 is 0 Å². The van der Waals surface area contributed by atoms with Gasteiger partial charge in [-0.2, -0.15) is 4.98 Å². The minimum absolute atomic E-state index is 0.147. The lowest BCUT2D eigenvalue weighted by atomic mass is 10.2. The van der Waals surface area contributed by atoms with Crippen LogP contribution in [0.5, 0.6) is 0 Å². The molecule has 1 amide bonds. The van der Waals surface area contributed by atoms with Gasteiger partial charge in [-0.05, 0) is 45.0 Å². The maximum Gasteiger partial charge on any atom is 0.290 e. The topological polar surface area (TPSA) is 134 Å². The fraction of sp³-hybridized carbons (Fsp3) is 0.375. The van der Waals surface area contributed by atoms with Gasteiger partial charge in [0, 0.05) is 18.7 Å². The summed E-state index contributed by atoms with van der Waals surface area (Å²) >= 11 is 0. The van der Waals surface area contributed by atoms with E-state index in [2.05, 4.69) is 15.4 Å². The zero-order valence-corrected chi connectivity index (χ0v) is 16.6. The molecule has 10 nitrogen and oxygen atoms in total. The minimum Gasteiger partial charge on any atom is -0.483 e. The second-order valence-electron chi connectivity index (χ2n) is 5.86. The molecule has 0 radical (unpaired) electrons. The van der Waals surface area contributed by atoms with Crippen LogP contribution in [0.25, 0.3) is 0 Å². The van der Waals surface area contributed by atoms with Crippen molar-refractivity contribution in [2.45, 2.75) is 26.8 Å². The zero-order chi connectivity index (χ0) is 20.8. The van der Waals surface area contributed by atoms with E-state index in [0.29, 0.717) is 17.1 Å². The number of carboxylic acid groups (broad SMARTS) is 1. The van der Waals surface area contributed by atoms with E-state index in [4.69, 9.17) is 9.90 Å². The number of aryl methyl sites for hydroxylation is 1. The highest BCUT2D eigenvalue weighted by atomic mass is 32.2. The molecule has 0 fully saturated rings. The Morgan fingerprint density at radius 1 is 1.30 bits per heavy atom. The summed E-state index contributed by atoms with van der Waals surface area (Å²) in [4.78, 5) is 24.8. The standard InChI is InChI=1S/C15H21N5O3S.CH2O2/c1-10(2)20-11(3)16-15(18-20)17-14(21)12-6-8-13(9-7-12)19(4)24(5,22)23;2-1-3/h6-10H,1-5H3,(H,17,18,21);1H,(H,2,3). The molecule has 0 aliphatic rings. The van der Waals surface area contributed by atoms with Crippen LogP contribution in [0, 0.1) is 6.92 Å². The predicted molar refractivity (Wildman–Crippen MR) is 101 cm³/mol. The largest absolute Gasteiger partial charge is 0.483 e. The van der Waals surface area contributed by atoms with Gasteiger partial charge in [-0.3, -0.25) is 19.2 Å². The van der Waals surface area contributed by atoms with E-state index in [-0.39, 0.29) is 24.4 Å². The summed E-state index contributed by atoms with van der Waals surface area (Å²) < 4.78 is 25.9. The summed E-state index contributed by atoms with van der Waals surface area (Å²) in [6.45, 7) is 5.52. The van der Waals surface area contributed by atoms with Crippen LogP contribution < -0.4 is 9.62 Å². The van der Waals surface area contributed by atoms with Crippen LogP contribution >= 0.6 is 0 Å². The Kier molecular flexibility index (Phi) is 7.46. The third-order valence-electron chi connectivity index (χ3n) is 3.51. The fourth-order valence-corrected chi connectivity index (χ4v) is 2.64. The first-order valence-electron chi connectivity index (χ1n) is 7.87. The normalized spacial score (nSPS) is 10.7. The van der Waals surface area contributed by atoms with Crippen LogP contribution in [0.15, 0.2) is 24.3 Å². The van der Waals surface area contributed by atoms with Crippen molar-refractivity contribution in [2.24, 2.45) is 0 Å². The number of nitrogens with zero attached hydrogens (tertiary/aromatic N) is 4. The van der Waals surface area contributed by atoms with E-state index in [1.165, 1.54) is 7.05 Å². The number of rotatable bonds is 5. The second kappa shape index (κ2) is 9.12. The summed E-state index contributed by atoms with van der Waals surface area (Å²) in [6, 6.07) is 6.40. The van der Waals surface area contributed by atoms with Crippen molar-refractivity contribution in [3.63, 3.8) is 0 Å². The summed E-state index contributed by atoms with van der Waals surface area (Å²) in [6.07, 6.45) is 1.12. The average molecular weight is 397 g/mol. The molecule has 2 rings (SSSR count). The van der Waals surface area contributed by atoms with Gasteiger partial charge < -0.3 is 5.11 Å². The van der Waals surface area contributed by atoms with Gasteiger partial charge in [-0.25, -0.2) is 13.1 Å². The number of sulfonamides is 1. The first-order valence-corrected chi connectivity index (χ1v) is 9.72. The molecule has 148 valence electrons. The van der Waals surface area contributed by atoms with Crippen molar-refractivity contribution >= 4 is 34.0 Å². The molecule has 0 atom stereocenters. The molecule has 0 saturated carbocycles. The van der Waals surface area contributed by atoms with Crippen LogP contribution in [-0.2, 0) is 14.8 Å². The zero-order valence-electron chi connectivity index (χ0n) is 15.7. The Hall–Kier alpha value is -2.95. The number of hydrogen-bond acceptors (Lipinski definition) is 6. The van der Waals surface area contributed by atoms with Crippen molar-refractivity contribution in [1.82, 2.24) is 14.8 Å². The smallest absolute Gasteiger partial charge is 0.290 e. The van der Waals surface area contributed by atoms with Crippen molar-refractivity contribution in [3.05, 3.63) is 35.7 Å². The molecule has 1 heterocycles. The number of benzene rings is 1. The van der Waals surface area contributed by atoms with Crippen molar-refractivity contribution < 1.29 is 23.1 Å². The summed E-state index contributed by atoms with van der Waals surface area (Å²) in [7, 11) is -1.88. The van der Waals surface area contributed by atoms with Gasteiger partial charge in [-0.15, -0.1) is 5.10 Å². The van der Waals surface area contributed by atoms with Crippen LogP contribution in [0.2, 0.25) is 0 Å². The van der Waals surface area contributed by atoms with E-state index in [9.17, 15) is 13.2 Å². The fourth-order valence-electron chi connectivity index (χ4n) is 2.13. The number of carbonyl (C=O) groups excluding carboxylic acids is 1. The number of nitrogens with one attached hydrogen (secondary N) is 1. The monoisotopic (exact) mass is 397 g/mol. The van der Waals surface area contributed by atoms with Crippen LogP contribution in [0.4, 0.5) is 11.6 Å². The summed E-state index contributed by atoms with van der Waals surface area (Å²) in [5.41, 5.74) is 0.867. The maximum absolute atomic E-state index is 12.3. The van der Waals surface area contributed by atoms with Crippen molar-refractivity contribution in [2.75, 3.05) is 22.9 Å². The van der Waals surface area contributed by atoms with E-state index in [1.54, 1.807) is 28.9 Å². The molecule has 2 N–H and O–H groups in total. The lowest BCUT2D eigenvalue weighted by Gasteiger charge is -2.16. The number of aromatic nitrogens is 3. The molecular weight excluding hydrogens is 374 g/mol. The predicted octanol–water partition coefficient (Wildman–Crippen LogP) is 1.52. The lowest BCUT2D eigenvalue weighted by molar-refractivity contribution is -0.122. The highest BCUT2D eigenvalue weighted by Gasteiger charge is 2.15. The Labute approximate surface area is 157 Å². The molecule has 0 unspecified atom stereocenters. The van der Waals surface area contributed by atoms with Gasteiger partial charge in [0.05, 0.1) is 11.9 Å². The summed E-state index contributed by atoms with van der Waals surface area (Å²) in [5, 5.41) is 13.8. The highest BCUT2D eigenvalue weighted by Crippen LogP contribution is 2.17. The van der Waals surface area contributed by atoms with Gasteiger partial charge in [-0.1, -0.05) is 0 Å². The molecule has 0 bridgehead atoms. The second-order valence-corrected chi connectivity index (χ2v) is 7.87. The van der Waals surface area contributed by atoms with Gasteiger partial charge in [0.15, 0.2) is 0 Å². The molecular formula is C16H23N5O5S. The van der Waals surface area contributed by atoms with Crippen molar-refractivity contribution in [3.8, 4) is 0 Å². The van der Waals surface area contributed by atoms with Crippen LogP contribution in [0.1, 0.15) is 36.1 Å². The SMILES string of the molecule is Cc1nc(NC(=O)c2ccc(N(C)S(C)(=O)=O)cc2)nn1C(C)C.O=CO. The highest BCUT2D eigenvalue weighted by molar-refractivity contribution is 7.92. The van der Waals surface area contributed by atoms with E-state index in [0.717, 1.165) is 10.6 Å². The Morgan fingerprint density at radius 2 is 1.81 bits per heavy atom. The molecule has 1 aromatic heterocycles. The summed E-state index contributed by atoms with van der Waals surface area (Å²) in [5.74, 6) is 0.596. The molecule has 0 saturated heterocycles. The van der Waals surface area contributed by atoms with E-state index < -0.39 is 10.0 Å². The molecule has 11 heteroatoms. The lowest BCUT2D eigenvalue weighted by Crippen LogP contribution is -2.24. The quantitative estimate of drug-likeness (QED) is 0.730. The van der Waals surface area contributed by atoms with Gasteiger partial charge in [0.2, 0.25) is 16.0 Å². The maximum atomic E-state index is 12.3. The molecule has 1 aromatic carbocycles. The molecule has 27 heavy (non-hydrogen) atoms. The van der Waals surface area contributed by atoms with E-state index >= 15 is 0 Å². The Morgan fingerprint density at radius 3 is 2.22 bits per heavy atom. The van der Waals surface area contributed by atoms with Gasteiger partial charge in [0.1, 0.15) is 5.82 Å². The average Bonchev–Trinajstić information content (AvgIpc) is 2.94. The van der Waals surface area contributed by atoms with Crippen LogP contribution in [-0.4, -0.2) is 54.0 Å². The third-order valence-corrected chi connectivity index (χ3v) is 4.71. The molecule has 2 aromatic rings. The van der Waals surface area contributed by atoms with Crippen LogP contribution in [0.3, 0.4) is 0 Å². The van der Waals surface area contributed by atoms with Gasteiger partial charge in [0.25, 0.3) is 12.4 Å². The third kappa shape index (κ3) is 6.06. The number of amides is 1. The molecule has 0 aliphatic carbocycles.